The van der Waals surface area contributed by atoms with E-state index < -0.39 is 12.1 Å². The predicted octanol–water partition coefficient (Wildman–Crippen LogP) is 2.80. The average molecular weight is 383 g/mol. The van der Waals surface area contributed by atoms with E-state index in [2.05, 4.69) is 38.0 Å². The molecule has 1 rings (SSSR count). The van der Waals surface area contributed by atoms with Crippen molar-refractivity contribution in [2.75, 3.05) is 19.8 Å². The molecule has 0 aromatic carbocycles. The lowest BCUT2D eigenvalue weighted by Crippen LogP contribution is -2.51. The van der Waals surface area contributed by atoms with Crippen molar-refractivity contribution in [2.24, 2.45) is 16.7 Å². The minimum Gasteiger partial charge on any atom is -0.459 e. The molecule has 0 heterocycles. The van der Waals surface area contributed by atoms with Crippen molar-refractivity contribution in [3.63, 3.8) is 0 Å². The van der Waals surface area contributed by atoms with Gasteiger partial charge >= 0.3 is 12.1 Å². The summed E-state index contributed by atoms with van der Waals surface area (Å²) in [4.78, 5) is 34.9. The van der Waals surface area contributed by atoms with Crippen molar-refractivity contribution < 1.29 is 23.9 Å². The third kappa shape index (κ3) is 8.45. The molecular weight excluding hydrogens is 348 g/mol. The van der Waals surface area contributed by atoms with Crippen LogP contribution in [0.25, 0.3) is 0 Å². The highest BCUT2D eigenvalue weighted by atomic mass is 16.6. The van der Waals surface area contributed by atoms with Crippen molar-refractivity contribution in [3.05, 3.63) is 12.7 Å². The summed E-state index contributed by atoms with van der Waals surface area (Å²) in [6, 6.07) is 0.0878. The second-order valence-electron chi connectivity index (χ2n) is 8.78. The molecule has 0 radical (unpaired) electrons. The monoisotopic (exact) mass is 382 g/mol. The van der Waals surface area contributed by atoms with Crippen LogP contribution < -0.4 is 10.6 Å². The molecule has 7 nitrogen and oxygen atoms in total. The first-order valence-electron chi connectivity index (χ1n) is 9.46. The normalized spacial score (nSPS) is 24.0. The molecule has 7 heteroatoms. The van der Waals surface area contributed by atoms with Crippen LogP contribution in [0.15, 0.2) is 12.7 Å². The van der Waals surface area contributed by atoms with E-state index in [1.807, 2.05) is 13.8 Å². The Hall–Kier alpha value is -2.05. The van der Waals surface area contributed by atoms with Gasteiger partial charge in [0.25, 0.3) is 0 Å². The van der Waals surface area contributed by atoms with Gasteiger partial charge < -0.3 is 20.1 Å². The molecular formula is C20H34N2O5. The lowest BCUT2D eigenvalue weighted by atomic mass is 9.62. The SMILES string of the molecule is C=CC(=O)OCCOC(=O)NCC1(C)CC(NC(=O)C(C)C)CC(C)(C)C1. The Bertz CT molecular complexity index is 559. The van der Waals surface area contributed by atoms with Crippen LogP contribution in [0.4, 0.5) is 4.79 Å². The van der Waals surface area contributed by atoms with Gasteiger partial charge in [0.15, 0.2) is 0 Å². The van der Waals surface area contributed by atoms with E-state index in [0.717, 1.165) is 25.3 Å². The number of rotatable bonds is 8. The second-order valence-corrected chi connectivity index (χ2v) is 8.78. The molecule has 0 spiro atoms. The van der Waals surface area contributed by atoms with Crippen LogP contribution in [0.3, 0.4) is 0 Å². The molecule has 2 atom stereocenters. The molecule has 2 N–H and O–H groups in total. The maximum Gasteiger partial charge on any atom is 0.407 e. The van der Waals surface area contributed by atoms with Gasteiger partial charge in [-0.15, -0.1) is 0 Å². The fraction of sp³-hybridized carbons (Fsp3) is 0.750. The number of esters is 1. The molecule has 154 valence electrons. The Labute approximate surface area is 162 Å². The zero-order chi connectivity index (χ0) is 20.7. The molecule has 1 fully saturated rings. The fourth-order valence-corrected chi connectivity index (χ4v) is 3.91. The first-order valence-corrected chi connectivity index (χ1v) is 9.46. The summed E-state index contributed by atoms with van der Waals surface area (Å²) >= 11 is 0. The highest BCUT2D eigenvalue weighted by Gasteiger charge is 2.42. The Balaban J connectivity index is 2.51. The van der Waals surface area contributed by atoms with E-state index in [0.29, 0.717) is 6.54 Å². The van der Waals surface area contributed by atoms with E-state index in [-0.39, 0.29) is 41.9 Å². The van der Waals surface area contributed by atoms with Gasteiger partial charge in [0.2, 0.25) is 5.91 Å². The topological polar surface area (TPSA) is 93.7 Å². The molecule has 1 aliphatic carbocycles. The maximum atomic E-state index is 12.1. The van der Waals surface area contributed by atoms with Gasteiger partial charge in [-0.3, -0.25) is 4.79 Å². The Morgan fingerprint density at radius 3 is 2.37 bits per heavy atom. The average Bonchev–Trinajstić information content (AvgIpc) is 2.54. The third-order valence-corrected chi connectivity index (χ3v) is 4.70. The first kappa shape index (κ1) is 23.0. The molecule has 0 aromatic heterocycles. The van der Waals surface area contributed by atoms with Crippen LogP contribution >= 0.6 is 0 Å². The van der Waals surface area contributed by atoms with E-state index in [1.54, 1.807) is 0 Å². The van der Waals surface area contributed by atoms with Crippen LogP contribution in [0.2, 0.25) is 0 Å². The smallest absolute Gasteiger partial charge is 0.407 e. The van der Waals surface area contributed by atoms with Gasteiger partial charge in [0, 0.05) is 24.6 Å². The molecule has 1 aliphatic rings. The van der Waals surface area contributed by atoms with Crippen LogP contribution in [-0.4, -0.2) is 43.8 Å². The zero-order valence-corrected chi connectivity index (χ0v) is 17.2. The second kappa shape index (κ2) is 9.76. The van der Waals surface area contributed by atoms with Crippen LogP contribution in [0.5, 0.6) is 0 Å². The molecule has 27 heavy (non-hydrogen) atoms. The van der Waals surface area contributed by atoms with Crippen molar-refractivity contribution >= 4 is 18.0 Å². The predicted molar refractivity (Wildman–Crippen MR) is 103 cm³/mol. The largest absolute Gasteiger partial charge is 0.459 e. The lowest BCUT2D eigenvalue weighted by Gasteiger charge is -2.47. The number of carbonyl (C=O) groups is 3. The number of carbonyl (C=O) groups excluding carboxylic acids is 3. The Morgan fingerprint density at radius 2 is 1.78 bits per heavy atom. The standard InChI is InChI=1S/C20H34N2O5/c1-7-16(23)26-8-9-27-18(25)21-13-20(6)11-15(10-19(4,5)12-20)22-17(24)14(2)3/h7,14-15H,1,8-13H2,2-6H3,(H,21,25)(H,22,24). The van der Waals surface area contributed by atoms with E-state index >= 15 is 0 Å². The van der Waals surface area contributed by atoms with Gasteiger partial charge in [0.1, 0.15) is 13.2 Å². The van der Waals surface area contributed by atoms with Crippen molar-refractivity contribution in [3.8, 4) is 0 Å². The summed E-state index contributed by atoms with van der Waals surface area (Å²) in [6.45, 7) is 14.0. The lowest BCUT2D eigenvalue weighted by molar-refractivity contribution is -0.138. The molecule has 0 aromatic rings. The molecule has 0 saturated heterocycles. The van der Waals surface area contributed by atoms with Gasteiger partial charge in [0.05, 0.1) is 0 Å². The van der Waals surface area contributed by atoms with Gasteiger partial charge in [-0.05, 0) is 30.1 Å². The molecule has 2 unspecified atom stereocenters. The Morgan fingerprint density at radius 1 is 1.15 bits per heavy atom. The maximum absolute atomic E-state index is 12.1. The number of hydrogen-bond donors (Lipinski definition) is 2. The number of ether oxygens (including phenoxy) is 2. The summed E-state index contributed by atoms with van der Waals surface area (Å²) < 4.78 is 9.77. The van der Waals surface area contributed by atoms with Gasteiger partial charge in [-0.25, -0.2) is 9.59 Å². The van der Waals surface area contributed by atoms with Crippen LogP contribution in [0, 0.1) is 16.7 Å². The minimum absolute atomic E-state index is 0.00806. The Kier molecular flexibility index (Phi) is 8.31. The molecule has 0 aliphatic heterocycles. The summed E-state index contributed by atoms with van der Waals surface area (Å²) in [7, 11) is 0. The fourth-order valence-electron chi connectivity index (χ4n) is 3.91. The number of amides is 2. The van der Waals surface area contributed by atoms with Crippen molar-refractivity contribution in [1.29, 1.82) is 0 Å². The van der Waals surface area contributed by atoms with Gasteiger partial charge in [-0.2, -0.15) is 0 Å². The zero-order valence-electron chi connectivity index (χ0n) is 17.2. The highest BCUT2D eigenvalue weighted by molar-refractivity contribution is 5.81. The van der Waals surface area contributed by atoms with E-state index in [9.17, 15) is 14.4 Å². The minimum atomic E-state index is -0.551. The van der Waals surface area contributed by atoms with E-state index in [1.165, 1.54) is 0 Å². The molecule has 0 bridgehead atoms. The van der Waals surface area contributed by atoms with Crippen LogP contribution in [0.1, 0.15) is 53.9 Å². The quantitative estimate of drug-likeness (QED) is 0.382. The van der Waals surface area contributed by atoms with E-state index in [4.69, 9.17) is 9.47 Å². The summed E-state index contributed by atoms with van der Waals surface area (Å²) in [5, 5.41) is 5.93. The number of nitrogens with one attached hydrogen (secondary N) is 2. The third-order valence-electron chi connectivity index (χ3n) is 4.70. The number of alkyl carbamates (subject to hydrolysis) is 1. The summed E-state index contributed by atoms with van der Waals surface area (Å²) in [5.41, 5.74) is -0.0859. The summed E-state index contributed by atoms with van der Waals surface area (Å²) in [5.74, 6) is -0.545. The van der Waals surface area contributed by atoms with Gasteiger partial charge in [-0.1, -0.05) is 41.2 Å². The summed E-state index contributed by atoms with van der Waals surface area (Å²) in [6.07, 6.45) is 3.16. The number of hydrogen-bond acceptors (Lipinski definition) is 5. The molecule has 2 amide bonds. The van der Waals surface area contributed by atoms with Crippen molar-refractivity contribution in [2.45, 2.75) is 59.9 Å². The first-order chi connectivity index (χ1) is 12.5. The molecule has 1 saturated carbocycles. The highest BCUT2D eigenvalue weighted by Crippen LogP contribution is 2.45. The van der Waals surface area contributed by atoms with Crippen LogP contribution in [-0.2, 0) is 19.1 Å². The van der Waals surface area contributed by atoms with Crippen molar-refractivity contribution in [1.82, 2.24) is 10.6 Å².